The molecule has 11 N–H and O–H groups in total. The zero-order valence-corrected chi connectivity index (χ0v) is 42.5. The Labute approximate surface area is 409 Å². The van der Waals surface area contributed by atoms with Crippen molar-refractivity contribution in [2.75, 3.05) is 19.8 Å². The van der Waals surface area contributed by atoms with Crippen LogP contribution in [0.5, 0.6) is 0 Å². The summed E-state index contributed by atoms with van der Waals surface area (Å²) in [5.74, 6) is -0.0190. The minimum atomic E-state index is -1.82. The topological polar surface area (TPSA) is 268 Å². The Kier molecular flexibility index (Phi) is 35.7. The molecule has 2 saturated heterocycles. The van der Waals surface area contributed by atoms with Crippen molar-refractivity contribution < 1.29 is 74.8 Å². The van der Waals surface area contributed by atoms with Crippen LogP contribution in [0.2, 0.25) is 0 Å². The molecule has 0 bridgehead atoms. The van der Waals surface area contributed by atoms with Crippen LogP contribution in [0.25, 0.3) is 0 Å². The summed E-state index contributed by atoms with van der Waals surface area (Å²) in [5.41, 5.74) is 0. The molecule has 0 spiro atoms. The number of ether oxygens (including phenoxy) is 4. The van der Waals surface area contributed by atoms with Gasteiger partial charge < -0.3 is 75.3 Å². The number of amides is 1. The maximum absolute atomic E-state index is 13.3. The number of carbonyl (C=O) groups excluding carboxylic acids is 1. The first-order chi connectivity index (χ1) is 32.7. The standard InChI is InChI=1S/C52H101NO15/c1-4-5-6-7-8-9-10-11-12-13-14-15-16-17-20-24-27-30-33-40(56)50(64)53-38(43(57)39(55)32-29-26-23-21-18-19-22-25-28-31-37(2)3)35-65-51-49(63)47(61)45(59)42(68-51)36-66-52-48(62)46(60)44(58)41(34-54)67-52/h37-49,51-52,54-63H,4-36H2,1-3H3,(H,53,64)/t38-,39+,40+,41+,42+,43-,44-,45+,46-,47-,48+,49+,51+,52-/m0/s1. The summed E-state index contributed by atoms with van der Waals surface area (Å²) in [6, 6.07) is -1.27. The third kappa shape index (κ3) is 26.0. The van der Waals surface area contributed by atoms with Gasteiger partial charge in [0.1, 0.15) is 61.0 Å². The number of hydrogen-bond donors (Lipinski definition) is 11. The van der Waals surface area contributed by atoms with E-state index in [9.17, 15) is 55.9 Å². The molecule has 404 valence electrons. The minimum Gasteiger partial charge on any atom is -0.394 e. The van der Waals surface area contributed by atoms with Crippen LogP contribution in [0.15, 0.2) is 0 Å². The molecule has 2 heterocycles. The van der Waals surface area contributed by atoms with E-state index in [-0.39, 0.29) is 12.8 Å². The fourth-order valence-corrected chi connectivity index (χ4v) is 9.24. The summed E-state index contributed by atoms with van der Waals surface area (Å²) >= 11 is 0. The number of aliphatic hydroxyl groups excluding tert-OH is 10. The zero-order chi connectivity index (χ0) is 50.1. The summed E-state index contributed by atoms with van der Waals surface area (Å²) in [4.78, 5) is 13.3. The molecule has 16 heteroatoms. The number of hydrogen-bond acceptors (Lipinski definition) is 15. The molecule has 2 fully saturated rings. The molecule has 68 heavy (non-hydrogen) atoms. The van der Waals surface area contributed by atoms with Gasteiger partial charge in [0, 0.05) is 0 Å². The first-order valence-corrected chi connectivity index (χ1v) is 27.3. The van der Waals surface area contributed by atoms with Gasteiger partial charge in [-0.3, -0.25) is 4.79 Å². The Hall–Kier alpha value is -1.09. The molecule has 0 radical (unpaired) electrons. The van der Waals surface area contributed by atoms with Crippen molar-refractivity contribution in [2.45, 2.75) is 299 Å². The monoisotopic (exact) mass is 980 g/mol. The van der Waals surface area contributed by atoms with Gasteiger partial charge in [0.15, 0.2) is 12.6 Å². The number of unbranched alkanes of at least 4 members (excludes halogenated alkanes) is 25. The Balaban J connectivity index is 1.86. The molecule has 16 nitrogen and oxygen atoms in total. The first kappa shape index (κ1) is 63.0. The highest BCUT2D eigenvalue weighted by Gasteiger charge is 2.48. The van der Waals surface area contributed by atoms with E-state index in [0.717, 1.165) is 50.9 Å². The van der Waals surface area contributed by atoms with Crippen LogP contribution in [0, 0.1) is 5.92 Å². The lowest BCUT2D eigenvalue weighted by Crippen LogP contribution is -2.62. The van der Waals surface area contributed by atoms with Gasteiger partial charge in [-0.1, -0.05) is 201 Å². The average Bonchev–Trinajstić information content (AvgIpc) is 3.32. The van der Waals surface area contributed by atoms with Crippen LogP contribution in [0.3, 0.4) is 0 Å². The van der Waals surface area contributed by atoms with Crippen molar-refractivity contribution in [1.29, 1.82) is 0 Å². The molecule has 0 aliphatic carbocycles. The quantitative estimate of drug-likeness (QED) is 0.0334. The summed E-state index contributed by atoms with van der Waals surface area (Å²) in [6.07, 6.45) is 13.0. The van der Waals surface area contributed by atoms with Gasteiger partial charge in [-0.15, -0.1) is 0 Å². The van der Waals surface area contributed by atoms with Gasteiger partial charge in [-0.25, -0.2) is 0 Å². The molecule has 2 aliphatic heterocycles. The molecule has 2 aliphatic rings. The van der Waals surface area contributed by atoms with Crippen LogP contribution in [-0.2, 0) is 23.7 Å². The number of rotatable bonds is 42. The van der Waals surface area contributed by atoms with Gasteiger partial charge in [-0.05, 0) is 18.8 Å². The lowest BCUT2D eigenvalue weighted by Gasteiger charge is -2.43. The van der Waals surface area contributed by atoms with Crippen LogP contribution in [0.1, 0.15) is 213 Å². The second kappa shape index (κ2) is 38.5. The smallest absolute Gasteiger partial charge is 0.249 e. The second-order valence-electron chi connectivity index (χ2n) is 20.5. The van der Waals surface area contributed by atoms with Crippen molar-refractivity contribution in [3.63, 3.8) is 0 Å². The highest BCUT2D eigenvalue weighted by Crippen LogP contribution is 2.27. The number of carbonyl (C=O) groups is 1. The van der Waals surface area contributed by atoms with Gasteiger partial charge >= 0.3 is 0 Å². The van der Waals surface area contributed by atoms with Gasteiger partial charge in [-0.2, -0.15) is 0 Å². The van der Waals surface area contributed by atoms with Crippen LogP contribution in [0.4, 0.5) is 0 Å². The zero-order valence-electron chi connectivity index (χ0n) is 42.5. The van der Waals surface area contributed by atoms with E-state index in [1.54, 1.807) is 0 Å². The molecule has 0 aromatic carbocycles. The van der Waals surface area contributed by atoms with E-state index < -0.39 is 111 Å². The van der Waals surface area contributed by atoms with Crippen molar-refractivity contribution in [3.05, 3.63) is 0 Å². The van der Waals surface area contributed by atoms with E-state index in [0.29, 0.717) is 12.8 Å². The highest BCUT2D eigenvalue weighted by molar-refractivity contribution is 5.80. The summed E-state index contributed by atoms with van der Waals surface area (Å²) in [5, 5.41) is 108. The molecule has 14 atom stereocenters. The second-order valence-corrected chi connectivity index (χ2v) is 20.5. The molecular formula is C52H101NO15. The van der Waals surface area contributed by atoms with E-state index >= 15 is 0 Å². The summed E-state index contributed by atoms with van der Waals surface area (Å²) in [6.45, 7) is 4.96. The van der Waals surface area contributed by atoms with E-state index in [4.69, 9.17) is 18.9 Å². The van der Waals surface area contributed by atoms with Crippen molar-refractivity contribution in [2.24, 2.45) is 5.92 Å². The van der Waals surface area contributed by atoms with Gasteiger partial charge in [0.25, 0.3) is 0 Å². The fourth-order valence-electron chi connectivity index (χ4n) is 9.24. The normalized spacial score (nSPS) is 27.3. The van der Waals surface area contributed by atoms with Crippen molar-refractivity contribution in [3.8, 4) is 0 Å². The Morgan fingerprint density at radius 1 is 0.500 bits per heavy atom. The van der Waals surface area contributed by atoms with Gasteiger partial charge in [0.05, 0.1) is 32.0 Å². The Morgan fingerprint density at radius 2 is 0.882 bits per heavy atom. The highest BCUT2D eigenvalue weighted by atomic mass is 16.7. The lowest BCUT2D eigenvalue weighted by molar-refractivity contribution is -0.331. The minimum absolute atomic E-state index is 0.208. The first-order valence-electron chi connectivity index (χ1n) is 27.3. The van der Waals surface area contributed by atoms with E-state index in [2.05, 4.69) is 26.1 Å². The third-order valence-electron chi connectivity index (χ3n) is 13.9. The van der Waals surface area contributed by atoms with Gasteiger partial charge in [0.2, 0.25) is 5.91 Å². The number of nitrogens with one attached hydrogen (secondary N) is 1. The Bertz CT molecular complexity index is 1200. The molecule has 2 rings (SSSR count). The molecule has 0 aromatic rings. The van der Waals surface area contributed by atoms with E-state index in [1.807, 2.05) is 0 Å². The molecule has 0 unspecified atom stereocenters. The third-order valence-corrected chi connectivity index (χ3v) is 13.9. The Morgan fingerprint density at radius 3 is 1.32 bits per heavy atom. The number of aliphatic hydroxyl groups is 10. The van der Waals surface area contributed by atoms with E-state index in [1.165, 1.54) is 122 Å². The molecule has 0 saturated carbocycles. The van der Waals surface area contributed by atoms with Crippen molar-refractivity contribution >= 4 is 5.91 Å². The fraction of sp³-hybridized carbons (Fsp3) is 0.981. The van der Waals surface area contributed by atoms with Crippen LogP contribution < -0.4 is 5.32 Å². The maximum Gasteiger partial charge on any atom is 0.249 e. The van der Waals surface area contributed by atoms with Crippen LogP contribution >= 0.6 is 0 Å². The van der Waals surface area contributed by atoms with Crippen molar-refractivity contribution in [1.82, 2.24) is 5.32 Å². The van der Waals surface area contributed by atoms with Crippen LogP contribution in [-0.4, -0.2) is 163 Å². The lowest BCUT2D eigenvalue weighted by atomic mass is 9.98. The summed E-state index contributed by atoms with van der Waals surface area (Å²) < 4.78 is 22.4. The maximum atomic E-state index is 13.3. The predicted octanol–water partition coefficient (Wildman–Crippen LogP) is 5.57. The predicted molar refractivity (Wildman–Crippen MR) is 261 cm³/mol. The summed E-state index contributed by atoms with van der Waals surface area (Å²) in [7, 11) is 0. The molecule has 0 aromatic heterocycles. The molecular weight excluding hydrogens is 879 g/mol. The largest absolute Gasteiger partial charge is 0.394 e. The molecule has 1 amide bonds. The average molecular weight is 980 g/mol. The SMILES string of the molecule is CCCCCCCCCCCCCCCCCCCC[C@@H](O)C(=O)N[C@@H](CO[C@@H]1O[C@H](CO[C@H]2O[C@H](CO)[C@H](O)[C@H](O)[C@H]2O)[C@@H](O)[C@H](O)[C@H]1O)[C@H](O)[C@H](O)CCCCCCCCCCCC(C)C.